The number of halogens is 1. The maximum atomic E-state index is 12.6. The molecule has 1 fully saturated rings. The molecule has 0 aromatic carbocycles. The van der Waals surface area contributed by atoms with Gasteiger partial charge in [-0.3, -0.25) is 4.79 Å². The van der Waals surface area contributed by atoms with Gasteiger partial charge in [0, 0.05) is 26.1 Å². The van der Waals surface area contributed by atoms with Gasteiger partial charge in [-0.2, -0.15) is 8.42 Å². The summed E-state index contributed by atoms with van der Waals surface area (Å²) in [5.41, 5.74) is 0. The molecular formula is C8H15FN2O3S. The fourth-order valence-corrected chi connectivity index (χ4v) is 2.16. The van der Waals surface area contributed by atoms with Crippen molar-refractivity contribution in [3.8, 4) is 0 Å². The Kier molecular flexibility index (Phi) is 3.67. The third-order valence-corrected chi connectivity index (χ3v) is 3.51. The molecule has 0 aliphatic carbocycles. The fourth-order valence-electron chi connectivity index (χ4n) is 1.46. The van der Waals surface area contributed by atoms with Crippen LogP contribution in [-0.4, -0.2) is 63.1 Å². The number of amides is 1. The first-order valence-electron chi connectivity index (χ1n) is 4.66. The van der Waals surface area contributed by atoms with Gasteiger partial charge in [0.2, 0.25) is 5.91 Å². The van der Waals surface area contributed by atoms with Crippen molar-refractivity contribution in [3.63, 3.8) is 0 Å². The predicted octanol–water partition coefficient (Wildman–Crippen LogP) is -0.552. The first-order chi connectivity index (χ1) is 6.80. The van der Waals surface area contributed by atoms with Gasteiger partial charge in [-0.1, -0.05) is 0 Å². The Morgan fingerprint density at radius 1 is 1.53 bits per heavy atom. The number of nitrogens with zero attached hydrogens (tertiary/aromatic N) is 2. The minimum absolute atomic E-state index is 0.0223. The molecule has 1 unspecified atom stereocenters. The smallest absolute Gasteiger partial charge is 0.307 e. The molecule has 1 aliphatic rings. The predicted molar refractivity (Wildman–Crippen MR) is 53.6 cm³/mol. The number of likely N-dealkylation sites (N-methyl/N-ethyl adjacent to an activating group) is 1. The molecule has 7 heteroatoms. The van der Waals surface area contributed by atoms with E-state index in [9.17, 15) is 17.1 Å². The lowest BCUT2D eigenvalue weighted by molar-refractivity contribution is -0.127. The molecule has 0 aromatic rings. The van der Waals surface area contributed by atoms with Crippen molar-refractivity contribution >= 4 is 16.1 Å². The van der Waals surface area contributed by atoms with Gasteiger partial charge in [0.15, 0.2) is 0 Å². The van der Waals surface area contributed by atoms with Crippen LogP contribution in [0.15, 0.2) is 0 Å². The van der Waals surface area contributed by atoms with E-state index in [-0.39, 0.29) is 18.9 Å². The molecule has 0 bridgehead atoms. The topological polar surface area (TPSA) is 57.7 Å². The van der Waals surface area contributed by atoms with Crippen molar-refractivity contribution < 1.29 is 17.1 Å². The van der Waals surface area contributed by atoms with Crippen LogP contribution in [0.3, 0.4) is 0 Å². The van der Waals surface area contributed by atoms with Crippen LogP contribution in [0, 0.1) is 0 Å². The normalized spacial score (nSPS) is 22.8. The van der Waals surface area contributed by atoms with Gasteiger partial charge in [-0.05, 0) is 14.1 Å². The van der Waals surface area contributed by atoms with E-state index in [0.717, 1.165) is 0 Å². The molecule has 1 atom stereocenters. The van der Waals surface area contributed by atoms with Crippen LogP contribution in [-0.2, 0) is 15.0 Å². The summed E-state index contributed by atoms with van der Waals surface area (Å²) in [6.45, 7) is 1.06. The largest absolute Gasteiger partial charge is 0.340 e. The Hall–Kier alpha value is -0.690. The Labute approximate surface area is 89.1 Å². The van der Waals surface area contributed by atoms with Gasteiger partial charge in [-0.25, -0.2) is 0 Å². The summed E-state index contributed by atoms with van der Waals surface area (Å²) in [4.78, 5) is 14.6. The molecule has 1 heterocycles. The van der Waals surface area contributed by atoms with Crippen molar-refractivity contribution in [1.29, 1.82) is 0 Å². The lowest BCUT2D eigenvalue weighted by atomic mass is 10.4. The van der Waals surface area contributed by atoms with Gasteiger partial charge in [0.25, 0.3) is 0 Å². The monoisotopic (exact) mass is 238 g/mol. The molecule has 0 N–H and O–H groups in total. The third-order valence-electron chi connectivity index (χ3n) is 2.39. The average Bonchev–Trinajstić information content (AvgIpc) is 2.42. The van der Waals surface area contributed by atoms with Crippen LogP contribution < -0.4 is 0 Å². The Morgan fingerprint density at radius 3 is 2.53 bits per heavy atom. The first-order valence-corrected chi connectivity index (χ1v) is 6.11. The molecule has 1 rings (SSSR count). The van der Waals surface area contributed by atoms with Crippen LogP contribution in [0.4, 0.5) is 3.89 Å². The SMILES string of the molecule is CN(C)CCN1CC(S(=O)(=O)F)CC1=O. The van der Waals surface area contributed by atoms with E-state index in [1.807, 2.05) is 19.0 Å². The van der Waals surface area contributed by atoms with Gasteiger partial charge in [0.1, 0.15) is 5.25 Å². The Morgan fingerprint density at radius 2 is 2.13 bits per heavy atom. The van der Waals surface area contributed by atoms with Crippen LogP contribution in [0.25, 0.3) is 0 Å². The Bertz CT molecular complexity index is 342. The second-order valence-corrected chi connectivity index (χ2v) is 5.56. The summed E-state index contributed by atoms with van der Waals surface area (Å²) in [6, 6.07) is 0. The number of likely N-dealkylation sites (tertiary alicyclic amines) is 1. The zero-order valence-electron chi connectivity index (χ0n) is 8.81. The van der Waals surface area contributed by atoms with Crippen molar-refractivity contribution in [2.45, 2.75) is 11.7 Å². The van der Waals surface area contributed by atoms with Crippen LogP contribution in [0.5, 0.6) is 0 Å². The van der Waals surface area contributed by atoms with E-state index in [1.54, 1.807) is 0 Å². The second-order valence-electron chi connectivity index (χ2n) is 3.94. The van der Waals surface area contributed by atoms with E-state index in [4.69, 9.17) is 0 Å². The molecule has 1 saturated heterocycles. The van der Waals surface area contributed by atoms with Crippen molar-refractivity contribution in [1.82, 2.24) is 9.80 Å². The minimum Gasteiger partial charge on any atom is -0.340 e. The molecule has 0 aromatic heterocycles. The lowest BCUT2D eigenvalue weighted by Crippen LogP contribution is -2.33. The summed E-state index contributed by atoms with van der Waals surface area (Å²) in [5.74, 6) is -0.289. The van der Waals surface area contributed by atoms with Crippen molar-refractivity contribution in [2.24, 2.45) is 0 Å². The van der Waals surface area contributed by atoms with Gasteiger partial charge >= 0.3 is 10.2 Å². The first kappa shape index (κ1) is 12.4. The zero-order valence-corrected chi connectivity index (χ0v) is 9.63. The maximum Gasteiger partial charge on any atom is 0.307 e. The number of hydrogen-bond acceptors (Lipinski definition) is 4. The summed E-state index contributed by atoms with van der Waals surface area (Å²) in [7, 11) is -0.881. The highest BCUT2D eigenvalue weighted by atomic mass is 32.3. The van der Waals surface area contributed by atoms with E-state index < -0.39 is 15.5 Å². The molecular weight excluding hydrogens is 223 g/mol. The molecule has 0 spiro atoms. The third kappa shape index (κ3) is 3.42. The highest BCUT2D eigenvalue weighted by Crippen LogP contribution is 2.19. The molecule has 1 amide bonds. The summed E-state index contributed by atoms with van der Waals surface area (Å²) >= 11 is 0. The van der Waals surface area contributed by atoms with Crippen LogP contribution >= 0.6 is 0 Å². The molecule has 88 valence electrons. The van der Waals surface area contributed by atoms with Crippen LogP contribution in [0.1, 0.15) is 6.42 Å². The molecule has 1 aliphatic heterocycles. The van der Waals surface area contributed by atoms with Crippen LogP contribution in [0.2, 0.25) is 0 Å². The lowest BCUT2D eigenvalue weighted by Gasteiger charge is -2.18. The Balaban J connectivity index is 2.54. The maximum absolute atomic E-state index is 12.6. The quantitative estimate of drug-likeness (QED) is 0.617. The average molecular weight is 238 g/mol. The second kappa shape index (κ2) is 4.44. The summed E-state index contributed by atoms with van der Waals surface area (Å²) in [6.07, 6.45) is -0.230. The van der Waals surface area contributed by atoms with Gasteiger partial charge < -0.3 is 9.80 Å². The number of carbonyl (C=O) groups is 1. The number of carbonyl (C=O) groups excluding carboxylic acids is 1. The standard InChI is InChI=1S/C8H15FN2O3S/c1-10(2)3-4-11-6-7(5-8(11)12)15(9,13)14/h7H,3-6H2,1-2H3. The van der Waals surface area contributed by atoms with E-state index in [1.165, 1.54) is 4.90 Å². The summed E-state index contributed by atoms with van der Waals surface area (Å²) < 4.78 is 33.8. The van der Waals surface area contributed by atoms with E-state index >= 15 is 0 Å². The molecule has 0 radical (unpaired) electrons. The molecule has 5 nitrogen and oxygen atoms in total. The minimum atomic E-state index is -4.58. The summed E-state index contributed by atoms with van der Waals surface area (Å²) in [5, 5.41) is -1.17. The number of hydrogen-bond donors (Lipinski definition) is 0. The van der Waals surface area contributed by atoms with Crippen molar-refractivity contribution in [3.05, 3.63) is 0 Å². The van der Waals surface area contributed by atoms with E-state index in [2.05, 4.69) is 0 Å². The highest BCUT2D eigenvalue weighted by molar-refractivity contribution is 7.87. The molecule has 15 heavy (non-hydrogen) atoms. The highest BCUT2D eigenvalue weighted by Gasteiger charge is 2.37. The zero-order chi connectivity index (χ0) is 11.6. The molecule has 0 saturated carbocycles. The fraction of sp³-hybridized carbons (Fsp3) is 0.875. The van der Waals surface area contributed by atoms with Gasteiger partial charge in [0.05, 0.1) is 0 Å². The van der Waals surface area contributed by atoms with Crippen molar-refractivity contribution in [2.75, 3.05) is 33.7 Å². The van der Waals surface area contributed by atoms with Gasteiger partial charge in [-0.15, -0.1) is 3.89 Å². The number of rotatable bonds is 4. The van der Waals surface area contributed by atoms with E-state index in [0.29, 0.717) is 13.1 Å².